The highest BCUT2D eigenvalue weighted by molar-refractivity contribution is 5.94. The molecule has 0 spiro atoms. The molecule has 1 aliphatic rings. The summed E-state index contributed by atoms with van der Waals surface area (Å²) in [6, 6.07) is -4.23. The minimum absolute atomic E-state index is 0.0276. The molecule has 1 saturated heterocycles. The van der Waals surface area contributed by atoms with E-state index in [1.165, 1.54) is 4.90 Å². The molecular weight excluding hydrogens is 474 g/mol. The Morgan fingerprint density at radius 2 is 1.72 bits per heavy atom. The van der Waals surface area contributed by atoms with E-state index >= 15 is 0 Å². The first-order chi connectivity index (χ1) is 16.8. The number of amides is 3. The fourth-order valence-electron chi connectivity index (χ4n) is 3.93. The Morgan fingerprint density at radius 3 is 2.28 bits per heavy atom. The van der Waals surface area contributed by atoms with Crippen molar-refractivity contribution in [2.75, 3.05) is 13.1 Å². The molecule has 4 unspecified atom stereocenters. The van der Waals surface area contributed by atoms with Crippen molar-refractivity contribution in [2.45, 2.75) is 83.0 Å². The number of carboxylic acid groups (broad SMARTS) is 2. The van der Waals surface area contributed by atoms with E-state index in [4.69, 9.17) is 22.3 Å². The first-order valence-electron chi connectivity index (χ1n) is 12.0. The van der Waals surface area contributed by atoms with Crippen LogP contribution in [0.5, 0.6) is 0 Å². The van der Waals surface area contributed by atoms with E-state index in [-0.39, 0.29) is 24.7 Å². The number of rotatable bonds is 15. The zero-order valence-electron chi connectivity index (χ0n) is 20.8. The third-order valence-electron chi connectivity index (χ3n) is 5.72. The van der Waals surface area contributed by atoms with Gasteiger partial charge in [-0.2, -0.15) is 0 Å². The smallest absolute Gasteiger partial charge is 0.326 e. The maximum Gasteiger partial charge on any atom is 0.326 e. The summed E-state index contributed by atoms with van der Waals surface area (Å²) < 4.78 is 0. The Morgan fingerprint density at radius 1 is 1.06 bits per heavy atom. The Bertz CT molecular complexity index is 830. The summed E-state index contributed by atoms with van der Waals surface area (Å²) in [6.45, 7) is 4.20. The number of nitrogens with zero attached hydrogens (tertiary/aromatic N) is 2. The third-order valence-corrected chi connectivity index (χ3v) is 5.72. The largest absolute Gasteiger partial charge is 0.481 e. The molecule has 10 N–H and O–H groups in total. The highest BCUT2D eigenvalue weighted by Gasteiger charge is 2.38. The Balaban J connectivity index is 2.88. The van der Waals surface area contributed by atoms with Crippen molar-refractivity contribution in [1.29, 1.82) is 0 Å². The number of carbonyl (C=O) groups is 5. The molecule has 36 heavy (non-hydrogen) atoms. The van der Waals surface area contributed by atoms with E-state index in [2.05, 4.69) is 15.6 Å². The second-order valence-electron chi connectivity index (χ2n) is 9.27. The molecule has 204 valence electrons. The zero-order valence-corrected chi connectivity index (χ0v) is 20.8. The summed E-state index contributed by atoms with van der Waals surface area (Å²) >= 11 is 0. The number of nitrogens with two attached hydrogens (primary N) is 3. The van der Waals surface area contributed by atoms with Gasteiger partial charge in [0.25, 0.3) is 0 Å². The molecule has 4 atom stereocenters. The topological polar surface area (TPSA) is 244 Å². The molecule has 3 amide bonds. The third kappa shape index (κ3) is 10.5. The van der Waals surface area contributed by atoms with E-state index in [9.17, 15) is 29.1 Å². The number of aliphatic carboxylic acids is 2. The van der Waals surface area contributed by atoms with Gasteiger partial charge in [-0.1, -0.05) is 13.8 Å². The zero-order chi connectivity index (χ0) is 27.4. The highest BCUT2D eigenvalue weighted by atomic mass is 16.4. The average Bonchev–Trinajstić information content (AvgIpc) is 3.27. The maximum absolute atomic E-state index is 13.0. The van der Waals surface area contributed by atoms with Crippen molar-refractivity contribution in [1.82, 2.24) is 15.5 Å². The molecule has 0 aromatic heterocycles. The van der Waals surface area contributed by atoms with Gasteiger partial charge in [0.15, 0.2) is 5.96 Å². The molecule has 14 nitrogen and oxygen atoms in total. The van der Waals surface area contributed by atoms with Crippen LogP contribution in [0.15, 0.2) is 4.99 Å². The number of likely N-dealkylation sites (tertiary alicyclic amines) is 1. The number of carbonyl (C=O) groups excluding carboxylic acids is 3. The van der Waals surface area contributed by atoms with Crippen LogP contribution in [0.1, 0.15) is 58.8 Å². The second kappa shape index (κ2) is 14.9. The van der Waals surface area contributed by atoms with Crippen molar-refractivity contribution >= 4 is 35.6 Å². The molecule has 1 aliphatic heterocycles. The Kier molecular flexibility index (Phi) is 12.6. The van der Waals surface area contributed by atoms with Crippen LogP contribution in [0.3, 0.4) is 0 Å². The highest BCUT2D eigenvalue weighted by Crippen LogP contribution is 2.20. The summed E-state index contributed by atoms with van der Waals surface area (Å²) in [6.07, 6.45) is 1.15. The molecule has 1 fully saturated rings. The van der Waals surface area contributed by atoms with Crippen LogP contribution in [-0.4, -0.2) is 88.0 Å². The molecule has 0 saturated carbocycles. The molecule has 0 aromatic carbocycles. The number of carboxylic acids is 2. The van der Waals surface area contributed by atoms with Crippen molar-refractivity contribution < 1.29 is 34.2 Å². The molecule has 1 rings (SSSR count). The predicted octanol–water partition coefficient (Wildman–Crippen LogP) is -1.68. The molecule has 0 bridgehead atoms. The SMILES string of the molecule is CC(C)CC(NC(=O)C(CCC(=O)O)NC(=O)C1CCCN1C(=O)C(N)CCCN=C(N)N)C(=O)O. The molecule has 0 aliphatic carbocycles. The quantitative estimate of drug-likeness (QED) is 0.0744. The first kappa shape index (κ1) is 30.6. The lowest BCUT2D eigenvalue weighted by Gasteiger charge is -2.28. The summed E-state index contributed by atoms with van der Waals surface area (Å²) in [4.78, 5) is 66.5. The van der Waals surface area contributed by atoms with E-state index in [1.807, 2.05) is 0 Å². The lowest BCUT2D eigenvalue weighted by molar-refractivity contribution is -0.144. The summed E-state index contributed by atoms with van der Waals surface area (Å²) in [7, 11) is 0. The van der Waals surface area contributed by atoms with Crippen LogP contribution in [0, 0.1) is 5.92 Å². The lowest BCUT2D eigenvalue weighted by Crippen LogP contribution is -2.56. The lowest BCUT2D eigenvalue weighted by atomic mass is 10.0. The molecule has 14 heteroatoms. The van der Waals surface area contributed by atoms with Crippen molar-refractivity contribution in [3.8, 4) is 0 Å². The van der Waals surface area contributed by atoms with Crippen LogP contribution >= 0.6 is 0 Å². The second-order valence-corrected chi connectivity index (χ2v) is 9.27. The number of hydrogen-bond acceptors (Lipinski definition) is 7. The van der Waals surface area contributed by atoms with Crippen LogP contribution in [-0.2, 0) is 24.0 Å². The number of aliphatic imine (C=N–C) groups is 1. The standard InChI is InChI=1S/C22H39N7O7/c1-12(2)11-15(21(35)36)28-18(32)14(7-8-17(30)31)27-19(33)16-6-4-10-29(16)20(34)13(23)5-3-9-26-22(24)25/h12-16H,3-11,23H2,1-2H3,(H,27,33)(H,28,32)(H,30,31)(H,35,36)(H4,24,25,26). The van der Waals surface area contributed by atoms with Crippen LogP contribution in [0.25, 0.3) is 0 Å². The minimum Gasteiger partial charge on any atom is -0.481 e. The minimum atomic E-state index is -1.28. The molecule has 1 heterocycles. The van der Waals surface area contributed by atoms with Gasteiger partial charge in [-0.15, -0.1) is 0 Å². The van der Waals surface area contributed by atoms with Crippen LogP contribution in [0.4, 0.5) is 0 Å². The Labute approximate surface area is 210 Å². The Hall–Kier alpha value is -3.42. The van der Waals surface area contributed by atoms with Crippen molar-refractivity contribution in [2.24, 2.45) is 28.1 Å². The fourth-order valence-corrected chi connectivity index (χ4v) is 3.93. The van der Waals surface area contributed by atoms with Crippen LogP contribution < -0.4 is 27.8 Å². The van der Waals surface area contributed by atoms with Gasteiger partial charge in [0.1, 0.15) is 18.1 Å². The van der Waals surface area contributed by atoms with E-state index in [0.29, 0.717) is 38.8 Å². The average molecular weight is 514 g/mol. The van der Waals surface area contributed by atoms with Gasteiger partial charge < -0.3 is 42.9 Å². The monoisotopic (exact) mass is 513 g/mol. The molecule has 0 radical (unpaired) electrons. The number of guanidine groups is 1. The predicted molar refractivity (Wildman–Crippen MR) is 130 cm³/mol. The normalized spacial score (nSPS) is 17.7. The van der Waals surface area contributed by atoms with Gasteiger partial charge in [-0.25, -0.2) is 4.79 Å². The van der Waals surface area contributed by atoms with Crippen molar-refractivity contribution in [3.05, 3.63) is 0 Å². The summed E-state index contributed by atoms with van der Waals surface area (Å²) in [5.74, 6) is -4.36. The summed E-state index contributed by atoms with van der Waals surface area (Å²) in [5, 5.41) is 23.3. The van der Waals surface area contributed by atoms with Gasteiger partial charge >= 0.3 is 11.9 Å². The number of nitrogens with one attached hydrogen (secondary N) is 2. The van der Waals surface area contributed by atoms with Crippen molar-refractivity contribution in [3.63, 3.8) is 0 Å². The van der Waals surface area contributed by atoms with Gasteiger partial charge in [0, 0.05) is 19.5 Å². The van der Waals surface area contributed by atoms with Gasteiger partial charge in [0.05, 0.1) is 6.04 Å². The molecular formula is C22H39N7O7. The van der Waals surface area contributed by atoms with Gasteiger partial charge in [-0.3, -0.25) is 24.2 Å². The molecule has 0 aromatic rings. The fraction of sp³-hybridized carbons (Fsp3) is 0.727. The van der Waals surface area contributed by atoms with E-state index in [0.717, 1.165) is 0 Å². The number of hydrogen-bond donors (Lipinski definition) is 7. The van der Waals surface area contributed by atoms with Gasteiger partial charge in [0.2, 0.25) is 17.7 Å². The first-order valence-corrected chi connectivity index (χ1v) is 12.0. The van der Waals surface area contributed by atoms with Crippen LogP contribution in [0.2, 0.25) is 0 Å². The maximum atomic E-state index is 13.0. The van der Waals surface area contributed by atoms with Gasteiger partial charge in [-0.05, 0) is 44.4 Å². The van der Waals surface area contributed by atoms with E-state index < -0.39 is 60.2 Å². The summed E-state index contributed by atoms with van der Waals surface area (Å²) in [5.41, 5.74) is 16.5. The van der Waals surface area contributed by atoms with E-state index in [1.54, 1.807) is 13.8 Å².